The number of benzene rings is 1. The molecule has 4 heterocycles. The van der Waals surface area contributed by atoms with Gasteiger partial charge in [-0.1, -0.05) is 18.2 Å². The van der Waals surface area contributed by atoms with Crippen LogP contribution in [0.15, 0.2) is 60.3 Å². The fourth-order valence-corrected chi connectivity index (χ4v) is 6.10. The molecule has 6 heteroatoms. The molecule has 3 aliphatic rings. The largest absolute Gasteiger partial charge is 0.387 e. The Morgan fingerprint density at radius 2 is 2.09 bits per heavy atom. The van der Waals surface area contributed by atoms with E-state index in [-0.39, 0.29) is 6.04 Å². The number of aryl methyl sites for hydroxylation is 1. The van der Waals surface area contributed by atoms with Crippen molar-refractivity contribution in [1.29, 1.82) is 0 Å². The van der Waals surface area contributed by atoms with E-state index in [9.17, 15) is 0 Å². The molecule has 1 aromatic heterocycles. The van der Waals surface area contributed by atoms with Gasteiger partial charge in [0.1, 0.15) is 0 Å². The smallest absolute Gasteiger partial charge is 0.0736 e. The SMILES string of the molecule is Cc1cc2c(s1)C(N1CCCC1C1=CCNC=C1)=CC(c1ccc(NCCCCN)cc1)N2. The van der Waals surface area contributed by atoms with Crippen molar-refractivity contribution in [1.82, 2.24) is 10.2 Å². The van der Waals surface area contributed by atoms with Gasteiger partial charge in [0.25, 0.3) is 0 Å². The summed E-state index contributed by atoms with van der Waals surface area (Å²) in [5.74, 6) is 0. The number of nitrogens with two attached hydrogens (primary N) is 1. The summed E-state index contributed by atoms with van der Waals surface area (Å²) in [6.07, 6.45) is 13.8. The van der Waals surface area contributed by atoms with Crippen LogP contribution in [0.5, 0.6) is 0 Å². The molecule has 3 aliphatic heterocycles. The highest BCUT2D eigenvalue weighted by Gasteiger charge is 2.33. The zero-order chi connectivity index (χ0) is 22.6. The minimum Gasteiger partial charge on any atom is -0.387 e. The molecule has 2 aromatic rings. The summed E-state index contributed by atoms with van der Waals surface area (Å²) in [6, 6.07) is 11.8. The van der Waals surface area contributed by atoms with Gasteiger partial charge in [0.2, 0.25) is 0 Å². The van der Waals surface area contributed by atoms with E-state index in [1.165, 1.54) is 50.8 Å². The number of hydrogen-bond donors (Lipinski definition) is 4. The van der Waals surface area contributed by atoms with Crippen LogP contribution in [0.4, 0.5) is 11.4 Å². The molecular weight excluding hydrogens is 426 g/mol. The molecule has 0 saturated carbocycles. The third-order valence-corrected chi connectivity index (χ3v) is 7.82. The predicted molar refractivity (Wildman–Crippen MR) is 142 cm³/mol. The first kappa shape index (κ1) is 22.1. The van der Waals surface area contributed by atoms with Crippen LogP contribution in [0.1, 0.15) is 47.0 Å². The minimum atomic E-state index is 0.173. The van der Waals surface area contributed by atoms with E-state index in [0.29, 0.717) is 6.04 Å². The van der Waals surface area contributed by atoms with E-state index in [1.54, 1.807) is 0 Å². The molecule has 1 aromatic carbocycles. The number of rotatable bonds is 8. The van der Waals surface area contributed by atoms with Crippen LogP contribution >= 0.6 is 11.3 Å². The van der Waals surface area contributed by atoms with Crippen LogP contribution in [-0.2, 0) is 0 Å². The molecule has 1 fully saturated rings. The van der Waals surface area contributed by atoms with E-state index in [4.69, 9.17) is 5.73 Å². The second kappa shape index (κ2) is 10.1. The number of thiophene rings is 1. The van der Waals surface area contributed by atoms with Gasteiger partial charge in [-0.2, -0.15) is 0 Å². The highest BCUT2D eigenvalue weighted by molar-refractivity contribution is 7.13. The lowest BCUT2D eigenvalue weighted by Crippen LogP contribution is -2.32. The van der Waals surface area contributed by atoms with E-state index in [2.05, 4.69) is 82.5 Å². The first-order chi connectivity index (χ1) is 16.2. The van der Waals surface area contributed by atoms with Gasteiger partial charge in [-0.3, -0.25) is 0 Å². The molecule has 0 aliphatic carbocycles. The van der Waals surface area contributed by atoms with Crippen LogP contribution in [0, 0.1) is 6.92 Å². The monoisotopic (exact) mass is 461 g/mol. The lowest BCUT2D eigenvalue weighted by atomic mass is 9.98. The van der Waals surface area contributed by atoms with Crippen molar-refractivity contribution < 1.29 is 0 Å². The summed E-state index contributed by atoms with van der Waals surface area (Å²) in [5, 5.41) is 10.6. The van der Waals surface area contributed by atoms with Crippen molar-refractivity contribution in [3.8, 4) is 0 Å². The molecule has 2 atom stereocenters. The van der Waals surface area contributed by atoms with Crippen LogP contribution in [-0.4, -0.2) is 37.1 Å². The van der Waals surface area contributed by atoms with Gasteiger partial charge < -0.3 is 26.6 Å². The first-order valence-corrected chi connectivity index (χ1v) is 13.0. The van der Waals surface area contributed by atoms with Gasteiger partial charge >= 0.3 is 0 Å². The molecule has 33 heavy (non-hydrogen) atoms. The normalized spacial score (nSPS) is 21.7. The van der Waals surface area contributed by atoms with Crippen molar-refractivity contribution in [3.05, 3.63) is 75.7 Å². The van der Waals surface area contributed by atoms with Crippen LogP contribution < -0.4 is 21.7 Å². The third kappa shape index (κ3) is 4.82. The lowest BCUT2D eigenvalue weighted by Gasteiger charge is -2.35. The Hall–Kier alpha value is -2.70. The van der Waals surface area contributed by atoms with Crippen molar-refractivity contribution in [2.45, 2.75) is 44.7 Å². The number of nitrogens with one attached hydrogen (secondary N) is 3. The molecule has 5 rings (SSSR count). The molecule has 0 radical (unpaired) electrons. The molecule has 0 spiro atoms. The molecule has 0 bridgehead atoms. The Kier molecular flexibility index (Phi) is 6.74. The molecule has 174 valence electrons. The van der Waals surface area contributed by atoms with Crippen molar-refractivity contribution in [2.24, 2.45) is 5.73 Å². The summed E-state index contributed by atoms with van der Waals surface area (Å²) in [6.45, 7) is 5.98. The van der Waals surface area contributed by atoms with Gasteiger partial charge in [0.15, 0.2) is 0 Å². The zero-order valence-electron chi connectivity index (χ0n) is 19.4. The highest BCUT2D eigenvalue weighted by Crippen LogP contribution is 2.45. The number of dihydropyridines is 1. The number of anilines is 2. The summed E-state index contributed by atoms with van der Waals surface area (Å²) >= 11 is 1.91. The number of fused-ring (bicyclic) bond motifs is 1. The Labute approximate surface area is 201 Å². The topological polar surface area (TPSA) is 65.3 Å². The van der Waals surface area contributed by atoms with Gasteiger partial charge in [0, 0.05) is 30.2 Å². The number of likely N-dealkylation sites (tertiary alicyclic amines) is 1. The van der Waals surface area contributed by atoms with Crippen LogP contribution in [0.25, 0.3) is 5.70 Å². The van der Waals surface area contributed by atoms with Crippen LogP contribution in [0.2, 0.25) is 0 Å². The average Bonchev–Trinajstić information content (AvgIpc) is 3.48. The van der Waals surface area contributed by atoms with E-state index < -0.39 is 0 Å². The molecule has 0 amide bonds. The van der Waals surface area contributed by atoms with Gasteiger partial charge in [-0.25, -0.2) is 0 Å². The lowest BCUT2D eigenvalue weighted by molar-refractivity contribution is 0.411. The summed E-state index contributed by atoms with van der Waals surface area (Å²) in [7, 11) is 0. The Morgan fingerprint density at radius 1 is 1.21 bits per heavy atom. The number of hydrogen-bond acceptors (Lipinski definition) is 6. The fourth-order valence-electron chi connectivity index (χ4n) is 5.09. The van der Waals surface area contributed by atoms with Gasteiger partial charge in [-0.15, -0.1) is 11.3 Å². The Balaban J connectivity index is 1.40. The first-order valence-electron chi connectivity index (χ1n) is 12.2. The van der Waals surface area contributed by atoms with E-state index in [1.807, 2.05) is 11.3 Å². The second-order valence-corrected chi connectivity index (χ2v) is 10.4. The maximum Gasteiger partial charge on any atom is 0.0736 e. The quantitative estimate of drug-likeness (QED) is 0.406. The van der Waals surface area contributed by atoms with Crippen molar-refractivity contribution in [3.63, 3.8) is 0 Å². The minimum absolute atomic E-state index is 0.173. The summed E-state index contributed by atoms with van der Waals surface area (Å²) in [4.78, 5) is 5.39. The zero-order valence-corrected chi connectivity index (χ0v) is 20.3. The van der Waals surface area contributed by atoms with Crippen LogP contribution in [0.3, 0.4) is 0 Å². The fraction of sp³-hybridized carbons (Fsp3) is 0.407. The summed E-state index contributed by atoms with van der Waals surface area (Å²) in [5.41, 5.74) is 12.2. The highest BCUT2D eigenvalue weighted by atomic mass is 32.1. The second-order valence-electron chi connectivity index (χ2n) is 9.12. The van der Waals surface area contributed by atoms with Crippen molar-refractivity contribution >= 4 is 28.4 Å². The van der Waals surface area contributed by atoms with E-state index in [0.717, 1.165) is 39.0 Å². The molecule has 1 saturated heterocycles. The maximum atomic E-state index is 5.60. The van der Waals surface area contributed by atoms with Gasteiger partial charge in [0.05, 0.1) is 28.3 Å². The molecule has 5 nitrogen and oxygen atoms in total. The standard InChI is InChI=1S/C27H35N5S/c1-19-17-24-27(33-19)26(32-16-4-5-25(32)21-10-14-29-15-11-21)18-23(31-24)20-6-8-22(9-7-20)30-13-3-2-12-28/h6-11,14,17-18,23,25,29-31H,2-5,12-13,15-16,28H2,1H3. The van der Waals surface area contributed by atoms with Crippen molar-refractivity contribution in [2.75, 3.05) is 36.8 Å². The number of nitrogens with zero attached hydrogens (tertiary/aromatic N) is 1. The Morgan fingerprint density at radius 3 is 2.88 bits per heavy atom. The third-order valence-electron chi connectivity index (χ3n) is 6.75. The predicted octanol–water partition coefficient (Wildman–Crippen LogP) is 5.22. The maximum absolute atomic E-state index is 5.60. The average molecular weight is 462 g/mol. The molecule has 5 N–H and O–H groups in total. The number of unbranched alkanes of at least 4 members (excludes halogenated alkanes) is 1. The van der Waals surface area contributed by atoms with Gasteiger partial charge in [-0.05, 0) is 86.8 Å². The Bertz CT molecular complexity index is 1050. The molecule has 2 unspecified atom stereocenters. The summed E-state index contributed by atoms with van der Waals surface area (Å²) < 4.78 is 0. The molecular formula is C27H35N5S. The van der Waals surface area contributed by atoms with E-state index >= 15 is 0 Å².